The first-order valence-electron chi connectivity index (χ1n) is 15.5. The van der Waals surface area contributed by atoms with E-state index in [2.05, 4.69) is 5.32 Å². The predicted octanol–water partition coefficient (Wildman–Crippen LogP) is 4.41. The number of aromatic nitrogens is 1. The van der Waals surface area contributed by atoms with E-state index in [9.17, 15) is 33.9 Å². The van der Waals surface area contributed by atoms with Crippen LogP contribution < -0.4 is 19.8 Å². The molecular weight excluding hydrogens is 687 g/mol. The number of fused-ring (bicyclic) bond motifs is 2. The zero-order chi connectivity index (χ0) is 35.7. The van der Waals surface area contributed by atoms with E-state index in [1.165, 1.54) is 54.1 Å². The van der Waals surface area contributed by atoms with Gasteiger partial charge >= 0.3 is 16.8 Å². The Hall–Kier alpha value is -5.41. The lowest BCUT2D eigenvalue weighted by molar-refractivity contribution is -0.122. The highest BCUT2D eigenvalue weighted by atomic mass is 32.2. The van der Waals surface area contributed by atoms with Gasteiger partial charge in [0.25, 0.3) is 0 Å². The summed E-state index contributed by atoms with van der Waals surface area (Å²) in [5, 5.41) is 12.4. The van der Waals surface area contributed by atoms with Crippen molar-refractivity contribution in [3.63, 3.8) is 0 Å². The molecule has 2 aliphatic rings. The second-order valence-corrected chi connectivity index (χ2v) is 13.3. The summed E-state index contributed by atoms with van der Waals surface area (Å²) in [6.07, 6.45) is 0. The van der Waals surface area contributed by atoms with E-state index in [-0.39, 0.29) is 42.5 Å². The summed E-state index contributed by atoms with van der Waals surface area (Å²) < 4.78 is 16.7. The number of rotatable bonds is 10. The lowest BCUT2D eigenvalue weighted by Crippen LogP contribution is -2.33. The van der Waals surface area contributed by atoms with Gasteiger partial charge in [-0.1, -0.05) is 29.2 Å². The maximum absolute atomic E-state index is 14.2. The van der Waals surface area contributed by atoms with Gasteiger partial charge in [0.05, 0.1) is 48.1 Å². The molecule has 2 N–H and O–H groups in total. The van der Waals surface area contributed by atoms with Gasteiger partial charge < -0.3 is 24.6 Å². The standard InChI is InChI=1S/C35H31N3O10S2/c1-4-47-33(43)18-6-11-21(12-7-18)36-25(40)17-37-32-29(50-35(37)45)26(20-10-15-23(39)24(16-20)46-3)27-28(49-32)31(42)38(30(27)41)22-13-8-19(9-14-22)34(44)48-5-2/h6-16,26-28,39H,4-5,17H2,1-3H3,(H,36,40)/t26-,27?,28?/m0/s1. The van der Waals surface area contributed by atoms with Crippen LogP contribution in [0.4, 0.5) is 11.4 Å². The first-order valence-corrected chi connectivity index (χ1v) is 17.2. The van der Waals surface area contributed by atoms with E-state index >= 15 is 0 Å². The van der Waals surface area contributed by atoms with Crippen LogP contribution in [0.1, 0.15) is 50.9 Å². The summed E-state index contributed by atoms with van der Waals surface area (Å²) in [6, 6.07) is 16.6. The van der Waals surface area contributed by atoms with Crippen LogP contribution in [0.2, 0.25) is 0 Å². The van der Waals surface area contributed by atoms with Crippen molar-refractivity contribution in [3.8, 4) is 11.5 Å². The normalized spacial score (nSPS) is 17.9. The molecule has 4 aromatic rings. The molecule has 1 aromatic heterocycles. The van der Waals surface area contributed by atoms with Crippen LogP contribution in [-0.4, -0.2) is 64.9 Å². The number of phenols is 1. The Morgan fingerprint density at radius 2 is 1.48 bits per heavy atom. The number of phenolic OH excluding ortho intramolecular Hbond substituents is 1. The molecular formula is C35H31N3O10S2. The van der Waals surface area contributed by atoms with Gasteiger partial charge in [-0.3, -0.25) is 23.7 Å². The fourth-order valence-corrected chi connectivity index (χ4v) is 8.74. The number of hydrogen-bond acceptors (Lipinski definition) is 12. The van der Waals surface area contributed by atoms with Crippen molar-refractivity contribution in [2.75, 3.05) is 30.5 Å². The summed E-state index contributed by atoms with van der Waals surface area (Å²) in [5.74, 6) is -4.33. The molecule has 3 aromatic carbocycles. The van der Waals surface area contributed by atoms with Gasteiger partial charge in [-0.25, -0.2) is 14.5 Å². The maximum Gasteiger partial charge on any atom is 0.338 e. The number of esters is 2. The monoisotopic (exact) mass is 717 g/mol. The van der Waals surface area contributed by atoms with Crippen LogP contribution in [-0.2, 0) is 30.4 Å². The number of thiazole rings is 1. The molecule has 13 nitrogen and oxygen atoms in total. The number of nitrogens with one attached hydrogen (secondary N) is 1. The predicted molar refractivity (Wildman–Crippen MR) is 184 cm³/mol. The fraction of sp³-hybridized carbons (Fsp3) is 0.257. The van der Waals surface area contributed by atoms with Gasteiger partial charge in [-0.15, -0.1) is 0 Å². The topological polar surface area (TPSA) is 171 Å². The summed E-state index contributed by atoms with van der Waals surface area (Å²) in [4.78, 5) is 80.3. The third kappa shape index (κ3) is 6.36. The zero-order valence-electron chi connectivity index (χ0n) is 27.0. The number of benzene rings is 3. The molecule has 2 unspecified atom stereocenters. The molecule has 3 heterocycles. The molecule has 3 amide bonds. The van der Waals surface area contributed by atoms with Crippen LogP contribution in [0.3, 0.4) is 0 Å². The van der Waals surface area contributed by atoms with Crippen LogP contribution in [0, 0.1) is 5.92 Å². The van der Waals surface area contributed by atoms with Crippen molar-refractivity contribution in [1.82, 2.24) is 4.57 Å². The summed E-state index contributed by atoms with van der Waals surface area (Å²) >= 11 is 1.92. The SMILES string of the molecule is CCOC(=O)c1ccc(NC(=O)Cn2c3c(sc2=O)[C@@H](c2ccc(O)c(OC)c2)C2C(=O)N(c4ccc(C(=O)OCC)cc4)C(=O)C2S3)cc1. The smallest absolute Gasteiger partial charge is 0.338 e. The third-order valence-electron chi connectivity index (χ3n) is 8.23. The first-order chi connectivity index (χ1) is 24.1. The molecule has 6 rings (SSSR count). The number of ether oxygens (including phenoxy) is 3. The largest absolute Gasteiger partial charge is 0.504 e. The molecule has 0 saturated carbocycles. The third-order valence-corrected chi connectivity index (χ3v) is 10.8. The van der Waals surface area contributed by atoms with E-state index in [0.29, 0.717) is 26.7 Å². The molecule has 2 aliphatic heterocycles. The quantitative estimate of drug-likeness (QED) is 0.176. The number of carbonyl (C=O) groups excluding carboxylic acids is 5. The van der Waals surface area contributed by atoms with Crippen molar-refractivity contribution in [1.29, 1.82) is 0 Å². The summed E-state index contributed by atoms with van der Waals surface area (Å²) in [7, 11) is 1.38. The van der Waals surface area contributed by atoms with Crippen molar-refractivity contribution >= 4 is 64.1 Å². The van der Waals surface area contributed by atoms with E-state index in [1.54, 1.807) is 38.1 Å². The minimum Gasteiger partial charge on any atom is -0.504 e. The summed E-state index contributed by atoms with van der Waals surface area (Å²) in [6.45, 7) is 3.41. The van der Waals surface area contributed by atoms with Gasteiger partial charge in [0.1, 0.15) is 11.8 Å². The van der Waals surface area contributed by atoms with Gasteiger partial charge in [0, 0.05) is 16.5 Å². The molecule has 15 heteroatoms. The minimum absolute atomic E-state index is 0.131. The number of imide groups is 1. The molecule has 1 fully saturated rings. The zero-order valence-corrected chi connectivity index (χ0v) is 28.7. The number of thioether (sulfide) groups is 1. The molecule has 0 spiro atoms. The van der Waals surface area contributed by atoms with Gasteiger partial charge in [-0.05, 0) is 80.1 Å². The highest BCUT2D eigenvalue weighted by molar-refractivity contribution is 8.00. The Balaban J connectivity index is 1.34. The second kappa shape index (κ2) is 14.2. The molecule has 0 aliphatic carbocycles. The van der Waals surface area contributed by atoms with Crippen LogP contribution in [0.15, 0.2) is 76.6 Å². The highest BCUT2D eigenvalue weighted by Gasteiger charge is 2.57. The van der Waals surface area contributed by atoms with Crippen molar-refractivity contribution in [3.05, 3.63) is 98.0 Å². The number of aromatic hydroxyl groups is 1. The molecule has 258 valence electrons. The van der Waals surface area contributed by atoms with Gasteiger partial charge in [0.15, 0.2) is 11.5 Å². The number of hydrogen-bond donors (Lipinski definition) is 2. The molecule has 1 saturated heterocycles. The van der Waals surface area contributed by atoms with E-state index < -0.39 is 51.6 Å². The van der Waals surface area contributed by atoms with Crippen molar-refractivity contribution in [2.24, 2.45) is 5.92 Å². The van der Waals surface area contributed by atoms with E-state index in [4.69, 9.17) is 14.2 Å². The Labute approximate surface area is 293 Å². The Morgan fingerprint density at radius 1 is 0.860 bits per heavy atom. The lowest BCUT2D eigenvalue weighted by atomic mass is 9.83. The average molecular weight is 718 g/mol. The number of anilines is 2. The fourth-order valence-electron chi connectivity index (χ4n) is 5.97. The molecule has 0 bridgehead atoms. The Morgan fingerprint density at radius 3 is 2.08 bits per heavy atom. The van der Waals surface area contributed by atoms with Crippen LogP contribution in [0.25, 0.3) is 0 Å². The highest BCUT2D eigenvalue weighted by Crippen LogP contribution is 2.54. The number of carbonyl (C=O) groups is 5. The van der Waals surface area contributed by atoms with E-state index in [0.717, 1.165) is 28.0 Å². The van der Waals surface area contributed by atoms with E-state index in [1.807, 2.05) is 0 Å². The average Bonchev–Trinajstić information content (AvgIpc) is 3.55. The number of amides is 3. The molecule has 0 radical (unpaired) electrons. The van der Waals surface area contributed by atoms with Gasteiger partial charge in [0.2, 0.25) is 17.7 Å². The first kappa shape index (κ1) is 34.5. The lowest BCUT2D eigenvalue weighted by Gasteiger charge is -2.31. The number of nitrogens with zero attached hydrogens (tertiary/aromatic N) is 2. The molecule has 50 heavy (non-hydrogen) atoms. The number of methoxy groups -OCH3 is 1. The Bertz CT molecular complexity index is 2060. The second-order valence-electron chi connectivity index (χ2n) is 11.2. The van der Waals surface area contributed by atoms with Crippen LogP contribution >= 0.6 is 23.1 Å². The summed E-state index contributed by atoms with van der Waals surface area (Å²) in [5.41, 5.74) is 1.75. The van der Waals surface area contributed by atoms with Crippen molar-refractivity contribution in [2.45, 2.75) is 36.6 Å². The maximum atomic E-state index is 14.2. The Kier molecular flexibility index (Phi) is 9.79. The van der Waals surface area contributed by atoms with Crippen molar-refractivity contribution < 1.29 is 43.3 Å². The minimum atomic E-state index is -0.969. The van der Waals surface area contributed by atoms with Crippen LogP contribution in [0.5, 0.6) is 11.5 Å². The van der Waals surface area contributed by atoms with Gasteiger partial charge in [-0.2, -0.15) is 0 Å². The molecule has 3 atom stereocenters.